The van der Waals surface area contributed by atoms with Crippen LogP contribution in [0.2, 0.25) is 0 Å². The van der Waals surface area contributed by atoms with Crippen LogP contribution in [0.4, 0.5) is 4.79 Å². The van der Waals surface area contributed by atoms with Crippen molar-refractivity contribution in [1.29, 1.82) is 0 Å². The van der Waals surface area contributed by atoms with Crippen molar-refractivity contribution in [3.05, 3.63) is 28.2 Å². The van der Waals surface area contributed by atoms with Crippen LogP contribution in [-0.2, 0) is 4.74 Å². The van der Waals surface area contributed by atoms with Crippen molar-refractivity contribution in [3.63, 3.8) is 0 Å². The van der Waals surface area contributed by atoms with Gasteiger partial charge in [-0.1, -0.05) is 28.9 Å². The molecule has 0 radical (unpaired) electrons. The van der Waals surface area contributed by atoms with E-state index in [1.54, 1.807) is 0 Å². The number of rotatable bonds is 5. The number of hydrogen-bond acceptors (Lipinski definition) is 3. The summed E-state index contributed by atoms with van der Waals surface area (Å²) in [6.07, 6.45) is 2.92. The Morgan fingerprint density at radius 2 is 1.96 bits per heavy atom. The highest BCUT2D eigenvalue weighted by molar-refractivity contribution is 9.10. The Bertz CT molecular complexity index is 604. The summed E-state index contributed by atoms with van der Waals surface area (Å²) in [6, 6.07) is 6.05. The Balaban J connectivity index is 1.74. The lowest BCUT2D eigenvalue weighted by atomic mass is 9.84. The number of amides is 1. The van der Waals surface area contributed by atoms with Crippen molar-refractivity contribution >= 4 is 22.0 Å². The predicted octanol–water partition coefficient (Wildman–Crippen LogP) is 5.81. The second-order valence-corrected chi connectivity index (χ2v) is 9.14. The van der Waals surface area contributed by atoms with Gasteiger partial charge in [-0.05, 0) is 70.9 Å². The van der Waals surface area contributed by atoms with Crippen molar-refractivity contribution < 1.29 is 14.3 Å². The van der Waals surface area contributed by atoms with Crippen molar-refractivity contribution in [1.82, 2.24) is 4.90 Å². The van der Waals surface area contributed by atoms with Gasteiger partial charge in [-0.15, -0.1) is 0 Å². The van der Waals surface area contributed by atoms with E-state index in [9.17, 15) is 4.79 Å². The average molecular weight is 426 g/mol. The van der Waals surface area contributed by atoms with Crippen LogP contribution in [0, 0.1) is 18.8 Å². The van der Waals surface area contributed by atoms with Crippen molar-refractivity contribution in [3.8, 4) is 5.75 Å². The van der Waals surface area contributed by atoms with Gasteiger partial charge >= 0.3 is 6.09 Å². The van der Waals surface area contributed by atoms with Crippen LogP contribution in [0.25, 0.3) is 0 Å². The molecule has 4 nitrogen and oxygen atoms in total. The number of nitrogens with zero attached hydrogens (tertiary/aromatic N) is 1. The molecule has 0 bridgehead atoms. The monoisotopic (exact) mass is 425 g/mol. The Labute approximate surface area is 166 Å². The van der Waals surface area contributed by atoms with E-state index in [4.69, 9.17) is 9.47 Å². The van der Waals surface area contributed by atoms with E-state index in [1.807, 2.05) is 43.9 Å². The lowest BCUT2D eigenvalue weighted by Crippen LogP contribution is -2.42. The molecule has 26 heavy (non-hydrogen) atoms. The van der Waals surface area contributed by atoms with Crippen molar-refractivity contribution in [2.24, 2.45) is 11.8 Å². The van der Waals surface area contributed by atoms with Crippen LogP contribution in [0.1, 0.15) is 52.5 Å². The van der Waals surface area contributed by atoms with Gasteiger partial charge in [0.2, 0.25) is 0 Å². The van der Waals surface area contributed by atoms with Crippen molar-refractivity contribution in [2.45, 2.75) is 59.5 Å². The molecule has 2 rings (SSSR count). The fourth-order valence-electron chi connectivity index (χ4n) is 3.31. The minimum Gasteiger partial charge on any atom is -0.493 e. The molecule has 1 amide bonds. The molecule has 146 valence electrons. The summed E-state index contributed by atoms with van der Waals surface area (Å²) in [4.78, 5) is 14.0. The SMILES string of the molecule is Cc1c(Br)cccc1OCC[C@@H](C)C1CCN(C(=O)OC(C)(C)C)CC1. The Morgan fingerprint density at radius 3 is 2.58 bits per heavy atom. The van der Waals surface area contributed by atoms with Gasteiger partial charge in [-0.25, -0.2) is 4.79 Å². The molecule has 0 aromatic heterocycles. The van der Waals surface area contributed by atoms with Gasteiger partial charge in [-0.2, -0.15) is 0 Å². The number of carbonyl (C=O) groups is 1. The van der Waals surface area contributed by atoms with Gasteiger partial charge in [0.15, 0.2) is 0 Å². The van der Waals surface area contributed by atoms with E-state index in [0.29, 0.717) is 11.8 Å². The number of halogens is 1. The van der Waals surface area contributed by atoms with Crippen LogP contribution in [0.5, 0.6) is 5.75 Å². The van der Waals surface area contributed by atoms with E-state index >= 15 is 0 Å². The summed E-state index contributed by atoms with van der Waals surface area (Å²) in [5, 5.41) is 0. The molecule has 1 aliphatic rings. The summed E-state index contributed by atoms with van der Waals surface area (Å²) in [5.74, 6) is 2.18. The summed E-state index contributed by atoms with van der Waals surface area (Å²) >= 11 is 3.54. The van der Waals surface area contributed by atoms with E-state index in [-0.39, 0.29) is 6.09 Å². The highest BCUT2D eigenvalue weighted by Gasteiger charge is 2.29. The zero-order chi connectivity index (χ0) is 19.3. The topological polar surface area (TPSA) is 38.8 Å². The van der Waals surface area contributed by atoms with E-state index in [2.05, 4.69) is 29.8 Å². The molecule has 0 N–H and O–H groups in total. The Hall–Kier alpha value is -1.23. The van der Waals surface area contributed by atoms with Gasteiger partial charge in [0.25, 0.3) is 0 Å². The largest absolute Gasteiger partial charge is 0.493 e. The third-order valence-electron chi connectivity index (χ3n) is 5.04. The molecule has 1 atom stereocenters. The summed E-state index contributed by atoms with van der Waals surface area (Å²) in [5.41, 5.74) is 0.717. The molecule has 0 unspecified atom stereocenters. The molecule has 1 heterocycles. The first-order valence-electron chi connectivity index (χ1n) is 9.53. The zero-order valence-electron chi connectivity index (χ0n) is 16.7. The standard InChI is InChI=1S/C21H32BrNO3/c1-15(11-14-25-19-8-6-7-18(22)16(19)2)17-9-12-23(13-10-17)20(24)26-21(3,4)5/h6-8,15,17H,9-14H2,1-5H3/t15-/m1/s1. The quantitative estimate of drug-likeness (QED) is 0.597. The number of hydrogen-bond donors (Lipinski definition) is 0. The van der Waals surface area contributed by atoms with Crippen LogP contribution >= 0.6 is 15.9 Å². The molecule has 1 aliphatic heterocycles. The minimum absolute atomic E-state index is 0.183. The molecule has 1 saturated heterocycles. The lowest BCUT2D eigenvalue weighted by molar-refractivity contribution is 0.0158. The smallest absolute Gasteiger partial charge is 0.410 e. The van der Waals surface area contributed by atoms with E-state index in [0.717, 1.165) is 54.7 Å². The molecule has 1 aromatic carbocycles. The molecular weight excluding hydrogens is 394 g/mol. The van der Waals surface area contributed by atoms with Gasteiger partial charge < -0.3 is 14.4 Å². The number of benzene rings is 1. The van der Waals surface area contributed by atoms with Gasteiger partial charge in [0, 0.05) is 23.1 Å². The lowest BCUT2D eigenvalue weighted by Gasteiger charge is -2.35. The average Bonchev–Trinajstić information content (AvgIpc) is 2.57. The van der Waals surface area contributed by atoms with E-state index < -0.39 is 5.60 Å². The van der Waals surface area contributed by atoms with E-state index in [1.165, 1.54) is 0 Å². The fourth-order valence-corrected chi connectivity index (χ4v) is 3.66. The molecule has 5 heteroatoms. The maximum absolute atomic E-state index is 12.2. The number of likely N-dealkylation sites (tertiary alicyclic amines) is 1. The molecule has 0 spiro atoms. The Morgan fingerprint density at radius 1 is 1.31 bits per heavy atom. The highest BCUT2D eigenvalue weighted by atomic mass is 79.9. The summed E-state index contributed by atoms with van der Waals surface area (Å²) in [7, 11) is 0. The first-order chi connectivity index (χ1) is 12.2. The summed E-state index contributed by atoms with van der Waals surface area (Å²) < 4.78 is 12.5. The predicted molar refractivity (Wildman–Crippen MR) is 109 cm³/mol. The maximum Gasteiger partial charge on any atom is 0.410 e. The van der Waals surface area contributed by atoms with Gasteiger partial charge in [-0.3, -0.25) is 0 Å². The third-order valence-corrected chi connectivity index (χ3v) is 5.90. The van der Waals surface area contributed by atoms with Crippen LogP contribution in [0.15, 0.2) is 22.7 Å². The zero-order valence-corrected chi connectivity index (χ0v) is 18.3. The molecular formula is C21H32BrNO3. The second-order valence-electron chi connectivity index (χ2n) is 8.28. The molecule has 0 aliphatic carbocycles. The number of carbonyl (C=O) groups excluding carboxylic acids is 1. The number of ether oxygens (including phenoxy) is 2. The van der Waals surface area contributed by atoms with Crippen LogP contribution in [0.3, 0.4) is 0 Å². The number of piperidine rings is 1. The van der Waals surface area contributed by atoms with Crippen LogP contribution in [-0.4, -0.2) is 36.3 Å². The molecule has 1 fully saturated rings. The Kier molecular flexibility index (Phi) is 7.39. The third kappa shape index (κ3) is 6.19. The highest BCUT2D eigenvalue weighted by Crippen LogP contribution is 2.29. The molecule has 0 saturated carbocycles. The summed E-state index contributed by atoms with van der Waals surface area (Å²) in [6.45, 7) is 12.4. The fraction of sp³-hybridized carbons (Fsp3) is 0.667. The van der Waals surface area contributed by atoms with Crippen LogP contribution < -0.4 is 4.74 Å². The normalized spacial score (nSPS) is 17.1. The molecule has 1 aromatic rings. The van der Waals surface area contributed by atoms with Crippen molar-refractivity contribution in [2.75, 3.05) is 19.7 Å². The first kappa shape index (κ1) is 21.1. The first-order valence-corrected chi connectivity index (χ1v) is 10.3. The van der Waals surface area contributed by atoms with Gasteiger partial charge in [0.1, 0.15) is 11.4 Å². The maximum atomic E-state index is 12.2. The second kappa shape index (κ2) is 9.12. The minimum atomic E-state index is -0.427. The van der Waals surface area contributed by atoms with Gasteiger partial charge in [0.05, 0.1) is 6.61 Å².